The third-order valence-electron chi connectivity index (χ3n) is 2.70. The Kier molecular flexibility index (Phi) is 4.59. The number of rotatable bonds is 6. The number of hydrogen-bond donors (Lipinski definition) is 1. The molecule has 1 heterocycles. The fraction of sp³-hybridized carbons (Fsp3) is 0.308. The van der Waals surface area contributed by atoms with Crippen molar-refractivity contribution in [2.24, 2.45) is 0 Å². The molecule has 0 aliphatic carbocycles. The van der Waals surface area contributed by atoms with Crippen LogP contribution in [0.15, 0.2) is 29.6 Å². The van der Waals surface area contributed by atoms with Gasteiger partial charge in [-0.15, -0.1) is 11.3 Å². The molecule has 1 aromatic heterocycles. The lowest BCUT2D eigenvalue weighted by atomic mass is 10.1. The number of nitro groups is 1. The third-order valence-corrected chi connectivity index (χ3v) is 3.67. The van der Waals surface area contributed by atoms with Gasteiger partial charge in [-0.25, -0.2) is 4.98 Å². The Bertz CT molecular complexity index is 569. The second kappa shape index (κ2) is 6.40. The zero-order chi connectivity index (χ0) is 13.7. The molecule has 0 radical (unpaired) electrons. The number of thiazole rings is 1. The number of aryl methyl sites for hydroxylation is 1. The normalized spacial score (nSPS) is 10.6. The quantitative estimate of drug-likeness (QED) is 0.501. The highest BCUT2D eigenvalue weighted by atomic mass is 32.1. The zero-order valence-corrected chi connectivity index (χ0v) is 11.4. The van der Waals surface area contributed by atoms with Gasteiger partial charge >= 0.3 is 0 Å². The van der Waals surface area contributed by atoms with Crippen molar-refractivity contribution in [2.75, 3.05) is 6.54 Å². The molecular formula is C13H15N3O2S. The largest absolute Gasteiger partial charge is 0.310 e. The molecule has 0 aliphatic rings. The van der Waals surface area contributed by atoms with Crippen LogP contribution in [0.3, 0.4) is 0 Å². The molecule has 100 valence electrons. The second-order valence-corrected chi connectivity index (χ2v) is 5.14. The number of hydrogen-bond acceptors (Lipinski definition) is 5. The number of aromatic nitrogens is 1. The van der Waals surface area contributed by atoms with Crippen LogP contribution in [0.4, 0.5) is 5.69 Å². The number of nitrogens with one attached hydrogen (secondary N) is 1. The Labute approximate surface area is 115 Å². The summed E-state index contributed by atoms with van der Waals surface area (Å²) in [5.74, 6) is 0. The summed E-state index contributed by atoms with van der Waals surface area (Å²) in [6.07, 6.45) is 0.640. The second-order valence-electron chi connectivity index (χ2n) is 4.20. The van der Waals surface area contributed by atoms with Crippen LogP contribution < -0.4 is 5.32 Å². The molecule has 0 saturated heterocycles. The fourth-order valence-electron chi connectivity index (χ4n) is 1.80. The molecule has 0 fully saturated rings. The van der Waals surface area contributed by atoms with Crippen molar-refractivity contribution >= 4 is 17.0 Å². The maximum atomic E-state index is 10.9. The lowest BCUT2D eigenvalue weighted by Crippen LogP contribution is -2.17. The molecule has 19 heavy (non-hydrogen) atoms. The van der Waals surface area contributed by atoms with Gasteiger partial charge in [0.25, 0.3) is 5.69 Å². The predicted molar refractivity (Wildman–Crippen MR) is 75.4 cm³/mol. The van der Waals surface area contributed by atoms with Crippen molar-refractivity contribution in [1.29, 1.82) is 0 Å². The fourth-order valence-corrected chi connectivity index (χ4v) is 2.54. The summed E-state index contributed by atoms with van der Waals surface area (Å²) in [6.45, 7) is 3.37. The molecule has 0 spiro atoms. The monoisotopic (exact) mass is 277 g/mol. The highest BCUT2D eigenvalue weighted by molar-refractivity contribution is 7.09. The highest BCUT2D eigenvalue weighted by Crippen LogP contribution is 2.17. The van der Waals surface area contributed by atoms with Gasteiger partial charge in [0.05, 0.1) is 4.92 Å². The number of nitro benzene ring substituents is 1. The minimum atomic E-state index is -0.334. The van der Waals surface area contributed by atoms with Gasteiger partial charge in [0.2, 0.25) is 0 Å². The standard InChI is InChI=1S/C13H15N3O2S/c1-10-9-19-13(15-10)8-14-7-6-11-4-2-3-5-12(11)16(17)18/h2-5,9,14H,6-8H2,1H3. The van der Waals surface area contributed by atoms with E-state index >= 15 is 0 Å². The Morgan fingerprint density at radius 3 is 2.89 bits per heavy atom. The summed E-state index contributed by atoms with van der Waals surface area (Å²) in [5, 5.41) is 17.2. The van der Waals surface area contributed by atoms with Crippen LogP contribution in [0.2, 0.25) is 0 Å². The Hall–Kier alpha value is -1.79. The third kappa shape index (κ3) is 3.84. The van der Waals surface area contributed by atoms with E-state index in [1.165, 1.54) is 0 Å². The van der Waals surface area contributed by atoms with Crippen LogP contribution in [0.5, 0.6) is 0 Å². The molecule has 1 aromatic carbocycles. The lowest BCUT2D eigenvalue weighted by molar-refractivity contribution is -0.385. The molecule has 2 rings (SSSR count). The van der Waals surface area contributed by atoms with E-state index in [2.05, 4.69) is 10.3 Å². The first-order chi connectivity index (χ1) is 9.16. The van der Waals surface area contributed by atoms with Gasteiger partial charge in [-0.3, -0.25) is 10.1 Å². The van der Waals surface area contributed by atoms with Gasteiger partial charge in [-0.1, -0.05) is 18.2 Å². The first kappa shape index (κ1) is 13.6. The molecule has 0 aliphatic heterocycles. The molecule has 1 N–H and O–H groups in total. The van der Waals surface area contributed by atoms with Crippen LogP contribution in [0.25, 0.3) is 0 Å². The van der Waals surface area contributed by atoms with Gasteiger partial charge in [0, 0.05) is 29.2 Å². The summed E-state index contributed by atoms with van der Waals surface area (Å²) in [4.78, 5) is 14.9. The summed E-state index contributed by atoms with van der Waals surface area (Å²) in [7, 11) is 0. The lowest BCUT2D eigenvalue weighted by Gasteiger charge is -2.04. The molecule has 2 aromatic rings. The van der Waals surface area contributed by atoms with E-state index in [9.17, 15) is 10.1 Å². The highest BCUT2D eigenvalue weighted by Gasteiger charge is 2.11. The maximum absolute atomic E-state index is 10.9. The van der Waals surface area contributed by atoms with Crippen LogP contribution in [0, 0.1) is 17.0 Å². The van der Waals surface area contributed by atoms with Crippen molar-refractivity contribution in [2.45, 2.75) is 19.9 Å². The van der Waals surface area contributed by atoms with Crippen molar-refractivity contribution in [3.05, 3.63) is 56.0 Å². The predicted octanol–water partition coefficient (Wildman–Crippen LogP) is 2.69. The van der Waals surface area contributed by atoms with Crippen LogP contribution in [-0.4, -0.2) is 16.5 Å². The topological polar surface area (TPSA) is 68.1 Å². The molecule has 0 amide bonds. The number of para-hydroxylation sites is 1. The van der Waals surface area contributed by atoms with Gasteiger partial charge in [-0.2, -0.15) is 0 Å². The van der Waals surface area contributed by atoms with Crippen molar-refractivity contribution in [3.8, 4) is 0 Å². The molecule has 0 atom stereocenters. The zero-order valence-electron chi connectivity index (χ0n) is 10.6. The van der Waals surface area contributed by atoms with E-state index in [-0.39, 0.29) is 10.6 Å². The summed E-state index contributed by atoms with van der Waals surface area (Å²) in [6, 6.07) is 6.85. The minimum Gasteiger partial charge on any atom is -0.310 e. The number of nitrogens with zero attached hydrogens (tertiary/aromatic N) is 2. The average Bonchev–Trinajstić information content (AvgIpc) is 2.81. The number of benzene rings is 1. The molecular weight excluding hydrogens is 262 g/mol. The molecule has 0 unspecified atom stereocenters. The Balaban J connectivity index is 1.84. The Morgan fingerprint density at radius 1 is 1.42 bits per heavy atom. The smallest absolute Gasteiger partial charge is 0.272 e. The van der Waals surface area contributed by atoms with Gasteiger partial charge in [-0.05, 0) is 19.9 Å². The van der Waals surface area contributed by atoms with E-state index in [0.29, 0.717) is 19.5 Å². The van der Waals surface area contributed by atoms with E-state index < -0.39 is 0 Å². The van der Waals surface area contributed by atoms with Gasteiger partial charge < -0.3 is 5.32 Å². The Morgan fingerprint density at radius 2 is 2.21 bits per heavy atom. The summed E-state index contributed by atoms with van der Waals surface area (Å²) >= 11 is 1.62. The van der Waals surface area contributed by atoms with E-state index in [0.717, 1.165) is 16.3 Å². The van der Waals surface area contributed by atoms with Gasteiger partial charge in [0.15, 0.2) is 0 Å². The first-order valence-corrected chi connectivity index (χ1v) is 6.89. The van der Waals surface area contributed by atoms with Crippen LogP contribution in [-0.2, 0) is 13.0 Å². The van der Waals surface area contributed by atoms with Gasteiger partial charge in [0.1, 0.15) is 5.01 Å². The van der Waals surface area contributed by atoms with Crippen molar-refractivity contribution < 1.29 is 4.92 Å². The minimum absolute atomic E-state index is 0.189. The van der Waals surface area contributed by atoms with E-state index in [4.69, 9.17) is 0 Å². The first-order valence-electron chi connectivity index (χ1n) is 6.01. The van der Waals surface area contributed by atoms with E-state index in [1.807, 2.05) is 18.4 Å². The maximum Gasteiger partial charge on any atom is 0.272 e. The molecule has 0 saturated carbocycles. The SMILES string of the molecule is Cc1csc(CNCCc2ccccc2[N+](=O)[O-])n1. The molecule has 5 nitrogen and oxygen atoms in total. The van der Waals surface area contributed by atoms with E-state index in [1.54, 1.807) is 29.5 Å². The van der Waals surface area contributed by atoms with Crippen LogP contribution in [0.1, 0.15) is 16.3 Å². The van der Waals surface area contributed by atoms with Crippen LogP contribution >= 0.6 is 11.3 Å². The molecule has 0 bridgehead atoms. The molecule has 6 heteroatoms. The van der Waals surface area contributed by atoms with Crippen molar-refractivity contribution in [3.63, 3.8) is 0 Å². The summed E-state index contributed by atoms with van der Waals surface area (Å²) < 4.78 is 0. The summed E-state index contributed by atoms with van der Waals surface area (Å²) in [5.41, 5.74) is 1.98. The average molecular weight is 277 g/mol. The van der Waals surface area contributed by atoms with Crippen molar-refractivity contribution in [1.82, 2.24) is 10.3 Å².